The lowest BCUT2D eigenvalue weighted by Crippen LogP contribution is -2.37. The van der Waals surface area contributed by atoms with Gasteiger partial charge in [0, 0.05) is 36.6 Å². The number of aromatic nitrogens is 3. The molecule has 1 unspecified atom stereocenters. The Morgan fingerprint density at radius 3 is 2.76 bits per heavy atom. The molecule has 3 aromatic heterocycles. The molecule has 1 aliphatic carbocycles. The molecule has 5 rings (SSSR count). The quantitative estimate of drug-likeness (QED) is 0.379. The van der Waals surface area contributed by atoms with Crippen LogP contribution in [0, 0.1) is 0 Å². The molecule has 1 saturated carbocycles. The number of amides is 1. The minimum absolute atomic E-state index is 0.292. The van der Waals surface area contributed by atoms with Crippen LogP contribution in [0.25, 0.3) is 17.3 Å². The van der Waals surface area contributed by atoms with E-state index >= 15 is 0 Å². The fourth-order valence-electron chi connectivity index (χ4n) is 4.26. The minimum Gasteiger partial charge on any atom is -0.472 e. The van der Waals surface area contributed by atoms with Crippen molar-refractivity contribution >= 4 is 29.7 Å². The first kappa shape index (κ1) is 22.6. The van der Waals surface area contributed by atoms with E-state index in [9.17, 15) is 9.90 Å². The molecule has 4 N–H and O–H groups in total. The van der Waals surface area contributed by atoms with Crippen LogP contribution in [0.5, 0.6) is 0 Å². The minimum atomic E-state index is -0.905. The highest BCUT2D eigenvalue weighted by molar-refractivity contribution is 8.05. The van der Waals surface area contributed by atoms with Crippen LogP contribution in [-0.4, -0.2) is 43.6 Å². The summed E-state index contributed by atoms with van der Waals surface area (Å²) in [5.74, 6) is 0.259. The summed E-state index contributed by atoms with van der Waals surface area (Å²) in [5, 5.41) is 19.1. The second-order valence-corrected chi connectivity index (χ2v) is 9.48. The van der Waals surface area contributed by atoms with Gasteiger partial charge in [0.15, 0.2) is 5.56 Å². The third-order valence-electron chi connectivity index (χ3n) is 6.00. The average Bonchev–Trinajstić information content (AvgIpc) is 3.49. The highest BCUT2D eigenvalue weighted by atomic mass is 32.2. The number of aliphatic hydroxyl groups excluding tert-OH is 1. The van der Waals surface area contributed by atoms with E-state index in [1.165, 1.54) is 0 Å². The van der Waals surface area contributed by atoms with Crippen molar-refractivity contribution in [3.05, 3.63) is 65.3 Å². The Bertz CT molecular complexity index is 1160. The second-order valence-electron chi connectivity index (χ2n) is 8.35. The monoisotopic (exact) mass is 478 g/mol. The van der Waals surface area contributed by atoms with Crippen LogP contribution in [0.3, 0.4) is 0 Å². The molecule has 1 saturated heterocycles. The summed E-state index contributed by atoms with van der Waals surface area (Å²) in [6.45, 7) is 0.761. The van der Waals surface area contributed by atoms with Crippen LogP contribution >= 0.6 is 11.8 Å². The van der Waals surface area contributed by atoms with E-state index in [1.54, 1.807) is 37.1 Å². The average molecular weight is 479 g/mol. The van der Waals surface area contributed by atoms with Gasteiger partial charge in [0.2, 0.25) is 5.95 Å². The molecule has 176 valence electrons. The third-order valence-corrected chi connectivity index (χ3v) is 6.90. The number of hydrogen-bond acceptors (Lipinski definition) is 9. The Morgan fingerprint density at radius 2 is 2.00 bits per heavy atom. The Morgan fingerprint density at radius 1 is 1.15 bits per heavy atom. The zero-order valence-corrected chi connectivity index (χ0v) is 19.3. The number of hydrogen-bond donors (Lipinski definition) is 4. The Kier molecular flexibility index (Phi) is 6.89. The maximum Gasteiger partial charge on any atom is 0.260 e. The van der Waals surface area contributed by atoms with Gasteiger partial charge < -0.3 is 25.5 Å². The van der Waals surface area contributed by atoms with Gasteiger partial charge in [-0.3, -0.25) is 9.78 Å². The molecule has 10 heteroatoms. The molecule has 0 radical (unpaired) electrons. The van der Waals surface area contributed by atoms with E-state index in [-0.39, 0.29) is 5.91 Å². The number of thioether (sulfide) groups is 1. The molecular weight excluding hydrogens is 452 g/mol. The predicted molar refractivity (Wildman–Crippen MR) is 130 cm³/mol. The van der Waals surface area contributed by atoms with Gasteiger partial charge in [-0.05, 0) is 55.5 Å². The van der Waals surface area contributed by atoms with Crippen molar-refractivity contribution in [2.45, 2.75) is 49.9 Å². The lowest BCUT2D eigenvalue weighted by atomic mass is 9.91. The number of furan rings is 1. The molecule has 4 heterocycles. The Hall–Kier alpha value is -3.21. The van der Waals surface area contributed by atoms with Crippen molar-refractivity contribution in [1.82, 2.24) is 25.6 Å². The summed E-state index contributed by atoms with van der Waals surface area (Å²) in [4.78, 5) is 25.6. The van der Waals surface area contributed by atoms with Crippen LogP contribution < -0.4 is 16.0 Å². The summed E-state index contributed by atoms with van der Waals surface area (Å²) < 4.78 is 5.22. The molecule has 1 amide bonds. The number of carbonyl (C=O) groups excluding carboxylic acids is 1. The fraction of sp³-hybridized carbons (Fsp3) is 0.333. The van der Waals surface area contributed by atoms with Crippen molar-refractivity contribution < 1.29 is 14.3 Å². The predicted octanol–water partition coefficient (Wildman–Crippen LogP) is 3.12. The summed E-state index contributed by atoms with van der Waals surface area (Å²) in [7, 11) is 0. The SMILES string of the molecule is O=C1NC(O)S/C1=C\c1ccnc(NC2CCC(NCc3cccnc3-c3ccoc3)CC2)n1. The van der Waals surface area contributed by atoms with Crippen LogP contribution in [-0.2, 0) is 11.3 Å². The molecule has 9 nitrogen and oxygen atoms in total. The standard InChI is InChI=1S/C24H26N6O3S/c31-22-20(34-24(32)30-22)12-19-7-10-26-23(29-19)28-18-5-3-17(4-6-18)27-13-15-2-1-9-25-21(15)16-8-11-33-14-16/h1-2,7-12,14,17-18,24,27,32H,3-6,13H2,(H,30,31)(H,26,28,29)/b20-12-. The number of carbonyl (C=O) groups is 1. The van der Waals surface area contributed by atoms with Crippen LogP contribution in [0.15, 0.2) is 58.5 Å². The summed E-state index contributed by atoms with van der Waals surface area (Å²) in [6, 6.07) is 8.48. The van der Waals surface area contributed by atoms with Crippen molar-refractivity contribution in [2.75, 3.05) is 5.32 Å². The van der Waals surface area contributed by atoms with Crippen molar-refractivity contribution in [3.8, 4) is 11.3 Å². The fourth-order valence-corrected chi connectivity index (χ4v) is 5.02. The highest BCUT2D eigenvalue weighted by Gasteiger charge is 2.25. The summed E-state index contributed by atoms with van der Waals surface area (Å²) in [6.07, 6.45) is 12.7. The molecule has 0 bridgehead atoms. The van der Waals surface area contributed by atoms with Crippen molar-refractivity contribution in [2.24, 2.45) is 0 Å². The molecule has 1 atom stereocenters. The van der Waals surface area contributed by atoms with Crippen LogP contribution in [0.2, 0.25) is 0 Å². The van der Waals surface area contributed by atoms with Crippen molar-refractivity contribution in [1.29, 1.82) is 0 Å². The lowest BCUT2D eigenvalue weighted by molar-refractivity contribution is -0.117. The number of rotatable bonds is 7. The van der Waals surface area contributed by atoms with E-state index in [4.69, 9.17) is 4.42 Å². The molecule has 0 spiro atoms. The first-order valence-electron chi connectivity index (χ1n) is 11.3. The van der Waals surface area contributed by atoms with Gasteiger partial charge in [-0.2, -0.15) is 0 Å². The Labute approximate surface area is 201 Å². The summed E-state index contributed by atoms with van der Waals surface area (Å²) in [5.41, 5.74) is 2.83. The number of nitrogens with zero attached hydrogens (tertiary/aromatic N) is 3. The van der Waals surface area contributed by atoms with Crippen LogP contribution in [0.4, 0.5) is 5.95 Å². The van der Waals surface area contributed by atoms with E-state index in [2.05, 4.69) is 37.0 Å². The van der Waals surface area contributed by atoms with Gasteiger partial charge >= 0.3 is 0 Å². The largest absolute Gasteiger partial charge is 0.472 e. The highest BCUT2D eigenvalue weighted by Crippen LogP contribution is 2.28. The zero-order chi connectivity index (χ0) is 23.3. The van der Waals surface area contributed by atoms with Gasteiger partial charge in [0.25, 0.3) is 5.91 Å². The molecule has 2 fully saturated rings. The maximum absolute atomic E-state index is 11.8. The van der Waals surface area contributed by atoms with E-state index in [0.29, 0.717) is 28.6 Å². The van der Waals surface area contributed by atoms with E-state index < -0.39 is 5.56 Å². The first-order chi connectivity index (χ1) is 16.6. The zero-order valence-electron chi connectivity index (χ0n) is 18.5. The van der Waals surface area contributed by atoms with Gasteiger partial charge in [-0.25, -0.2) is 9.97 Å². The molecule has 34 heavy (non-hydrogen) atoms. The van der Waals surface area contributed by atoms with Crippen LogP contribution in [0.1, 0.15) is 36.9 Å². The Balaban J connectivity index is 1.13. The normalized spacial score (nSPS) is 23.7. The molecule has 1 aliphatic heterocycles. The number of nitrogens with one attached hydrogen (secondary N) is 3. The van der Waals surface area contributed by atoms with Crippen molar-refractivity contribution in [3.63, 3.8) is 0 Å². The molecule has 3 aromatic rings. The number of aliphatic hydroxyl groups is 1. The van der Waals surface area contributed by atoms with Gasteiger partial charge in [0.05, 0.1) is 28.8 Å². The van der Waals surface area contributed by atoms with Gasteiger partial charge in [0.1, 0.15) is 0 Å². The first-order valence-corrected chi connectivity index (χ1v) is 12.2. The number of anilines is 1. The smallest absolute Gasteiger partial charge is 0.260 e. The number of pyridine rings is 1. The van der Waals surface area contributed by atoms with E-state index in [0.717, 1.165) is 60.8 Å². The van der Waals surface area contributed by atoms with E-state index in [1.807, 2.05) is 12.1 Å². The molecule has 0 aromatic carbocycles. The lowest BCUT2D eigenvalue weighted by Gasteiger charge is -2.30. The van der Waals surface area contributed by atoms with Gasteiger partial charge in [-0.1, -0.05) is 17.8 Å². The molecular formula is C24H26N6O3S. The maximum atomic E-state index is 11.8. The topological polar surface area (TPSA) is 125 Å². The molecule has 2 aliphatic rings. The second kappa shape index (κ2) is 10.4. The van der Waals surface area contributed by atoms with Gasteiger partial charge in [-0.15, -0.1) is 0 Å². The summed E-state index contributed by atoms with van der Waals surface area (Å²) >= 11 is 1.07. The third kappa shape index (κ3) is 5.46.